The van der Waals surface area contributed by atoms with Crippen molar-refractivity contribution in [1.82, 2.24) is 0 Å². The molecule has 0 fully saturated rings. The van der Waals surface area contributed by atoms with E-state index >= 15 is 0 Å². The lowest BCUT2D eigenvalue weighted by Gasteiger charge is -2.13. The molecule has 0 aliphatic carbocycles. The van der Waals surface area contributed by atoms with Gasteiger partial charge in [0.2, 0.25) is 0 Å². The van der Waals surface area contributed by atoms with E-state index in [0.29, 0.717) is 5.69 Å². The molecule has 0 aliphatic heterocycles. The van der Waals surface area contributed by atoms with Crippen molar-refractivity contribution in [3.05, 3.63) is 78.1 Å². The van der Waals surface area contributed by atoms with Gasteiger partial charge in [-0.05, 0) is 29.8 Å². The van der Waals surface area contributed by atoms with Gasteiger partial charge in [-0.1, -0.05) is 36.9 Å². The number of nitrogens with zero attached hydrogens (tertiary/aromatic N) is 1. The average molecular weight is 353 g/mol. The molecule has 0 bridgehead atoms. The summed E-state index contributed by atoms with van der Waals surface area (Å²) in [6.45, 7) is 3.41. The second-order valence-electron chi connectivity index (χ2n) is 5.11. The maximum absolute atomic E-state index is 14.2. The van der Waals surface area contributed by atoms with E-state index in [0.717, 1.165) is 12.1 Å². The van der Waals surface area contributed by atoms with Gasteiger partial charge in [-0.3, -0.25) is 4.79 Å². The van der Waals surface area contributed by atoms with E-state index in [1.807, 2.05) is 0 Å². The van der Waals surface area contributed by atoms with Gasteiger partial charge in [0.1, 0.15) is 12.2 Å². The third-order valence-corrected chi connectivity index (χ3v) is 3.50. The number of carbonyl (C=O) groups is 2. The van der Waals surface area contributed by atoms with Crippen molar-refractivity contribution < 1.29 is 19.1 Å². The molecule has 0 spiro atoms. The number of ketones is 1. The first-order valence-electron chi connectivity index (χ1n) is 7.47. The normalized spacial score (nSPS) is 11.7. The van der Waals surface area contributed by atoms with Crippen molar-refractivity contribution in [2.24, 2.45) is 10.9 Å². The zero-order valence-corrected chi connectivity index (χ0v) is 13.6. The molecule has 0 atom stereocenters. The number of carboxylic acid groups (broad SMARTS) is 1. The Morgan fingerprint density at radius 1 is 1.15 bits per heavy atom. The van der Waals surface area contributed by atoms with Gasteiger partial charge < -0.3 is 16.3 Å². The van der Waals surface area contributed by atoms with Crippen molar-refractivity contribution in [2.75, 3.05) is 5.32 Å². The van der Waals surface area contributed by atoms with E-state index in [4.69, 9.17) is 5.84 Å². The summed E-state index contributed by atoms with van der Waals surface area (Å²) in [6.07, 6.45) is 2.22. The Labute approximate surface area is 149 Å². The van der Waals surface area contributed by atoms with Gasteiger partial charge in [0, 0.05) is 16.8 Å². The van der Waals surface area contributed by atoms with Crippen LogP contribution in [0.25, 0.3) is 11.1 Å². The summed E-state index contributed by atoms with van der Waals surface area (Å²) in [5.41, 5.74) is -0.00836. The van der Waals surface area contributed by atoms with Crippen LogP contribution >= 0.6 is 0 Å². The van der Waals surface area contributed by atoms with Crippen LogP contribution in [0.1, 0.15) is 11.1 Å². The van der Waals surface area contributed by atoms with Crippen molar-refractivity contribution in [1.29, 1.82) is 0 Å². The van der Waals surface area contributed by atoms with Gasteiger partial charge in [0.25, 0.3) is 0 Å². The van der Waals surface area contributed by atoms with Crippen LogP contribution in [-0.4, -0.2) is 23.2 Å². The van der Waals surface area contributed by atoms with Crippen LogP contribution in [0.2, 0.25) is 0 Å². The molecule has 2 aromatic rings. The molecule has 2 aromatic carbocycles. The predicted octanol–water partition coefficient (Wildman–Crippen LogP) is 2.89. The highest BCUT2D eigenvalue weighted by atomic mass is 19.1. The first kappa shape index (κ1) is 18.6. The van der Waals surface area contributed by atoms with Crippen molar-refractivity contribution in [2.45, 2.75) is 0 Å². The molecule has 0 radical (unpaired) electrons. The zero-order chi connectivity index (χ0) is 19.1. The Kier molecular flexibility index (Phi) is 6.00. The quantitative estimate of drug-likeness (QED) is 0.177. The number of nitrogens with two attached hydrogens (primary N) is 1. The Hall–Kier alpha value is -3.74. The number of carbonyl (C=O) groups excluding carboxylic acids is 1. The molecular weight excluding hydrogens is 337 g/mol. The zero-order valence-electron chi connectivity index (χ0n) is 13.6. The van der Waals surface area contributed by atoms with Crippen LogP contribution < -0.4 is 11.2 Å². The maximum Gasteiger partial charge on any atom is 0.337 e. The van der Waals surface area contributed by atoms with Gasteiger partial charge in [-0.15, -0.1) is 0 Å². The first-order chi connectivity index (χ1) is 12.5. The number of carboxylic acids is 1. The highest BCUT2D eigenvalue weighted by molar-refractivity contribution is 6.41. The molecule has 7 heteroatoms. The molecule has 26 heavy (non-hydrogen) atoms. The molecule has 132 valence electrons. The number of allylic oxidation sites excluding steroid dienone is 2. The third-order valence-electron chi connectivity index (χ3n) is 3.50. The third kappa shape index (κ3) is 4.02. The van der Waals surface area contributed by atoms with Gasteiger partial charge in [0.15, 0.2) is 5.78 Å². The first-order valence-corrected chi connectivity index (χ1v) is 7.47. The molecule has 0 aliphatic rings. The Morgan fingerprint density at radius 3 is 2.50 bits per heavy atom. The summed E-state index contributed by atoms with van der Waals surface area (Å²) in [6, 6.07) is 11.7. The lowest BCUT2D eigenvalue weighted by molar-refractivity contribution is -0.130. The summed E-state index contributed by atoms with van der Waals surface area (Å²) in [4.78, 5) is 24.3. The Morgan fingerprint density at radius 2 is 1.88 bits per heavy atom. The molecule has 0 heterocycles. The van der Waals surface area contributed by atoms with Crippen molar-refractivity contribution in [3.8, 4) is 0 Å². The molecule has 0 unspecified atom stereocenters. The summed E-state index contributed by atoms with van der Waals surface area (Å²) in [5, 5.41) is 15.7. The van der Waals surface area contributed by atoms with Crippen LogP contribution in [0.3, 0.4) is 0 Å². The van der Waals surface area contributed by atoms with E-state index in [-0.39, 0.29) is 16.7 Å². The second kappa shape index (κ2) is 8.39. The van der Waals surface area contributed by atoms with Crippen LogP contribution in [0.4, 0.5) is 10.1 Å². The lowest BCUT2D eigenvalue weighted by Crippen LogP contribution is -2.10. The minimum Gasteiger partial charge on any atom is -0.478 e. The summed E-state index contributed by atoms with van der Waals surface area (Å²) in [7, 11) is 0. The number of aliphatic carboxylic acids is 1. The number of benzene rings is 2. The topological polar surface area (TPSA) is 105 Å². The molecule has 2 rings (SSSR count). The second-order valence-corrected chi connectivity index (χ2v) is 5.11. The van der Waals surface area contributed by atoms with Crippen molar-refractivity contribution in [3.63, 3.8) is 0 Å². The number of hydrazone groups is 1. The van der Waals surface area contributed by atoms with Crippen LogP contribution in [0.5, 0.6) is 0 Å². The van der Waals surface area contributed by atoms with Gasteiger partial charge >= 0.3 is 5.97 Å². The Bertz CT molecular complexity index is 920. The minimum absolute atomic E-state index is 0.175. The lowest BCUT2D eigenvalue weighted by atomic mass is 9.91. The van der Waals surface area contributed by atoms with Crippen LogP contribution in [-0.2, 0) is 9.59 Å². The number of anilines is 1. The van der Waals surface area contributed by atoms with E-state index < -0.39 is 23.1 Å². The standard InChI is InChI=1S/C19H16FN3O3/c1-2-16(24)17(12-6-5-7-13(10-12)22-11-23-21)18(19(25)26)14-8-3-4-9-15(14)20/h2-11H,1,21H2,(H,22,23)(H,25,26). The number of nitrogens with one attached hydrogen (secondary N) is 1. The number of halogens is 1. The average Bonchev–Trinajstić information content (AvgIpc) is 2.64. The highest BCUT2D eigenvalue weighted by Gasteiger charge is 2.24. The number of hydrogen-bond acceptors (Lipinski definition) is 4. The molecule has 0 amide bonds. The fourth-order valence-corrected chi connectivity index (χ4v) is 2.41. The van der Waals surface area contributed by atoms with Crippen LogP contribution in [0.15, 0.2) is 66.3 Å². The van der Waals surface area contributed by atoms with E-state index in [1.165, 1.54) is 30.6 Å². The smallest absolute Gasteiger partial charge is 0.337 e. The fourth-order valence-electron chi connectivity index (χ4n) is 2.41. The minimum atomic E-state index is -1.43. The van der Waals surface area contributed by atoms with E-state index in [1.54, 1.807) is 18.2 Å². The van der Waals surface area contributed by atoms with Crippen LogP contribution in [0, 0.1) is 5.82 Å². The SMILES string of the molecule is C=CC(=O)C(=C(C(=O)O)c1ccccc1F)c1cccc(NC=NN)c1. The number of rotatable bonds is 7. The summed E-state index contributed by atoms with van der Waals surface area (Å²) in [5.74, 6) is 2.22. The Balaban J connectivity index is 2.78. The molecule has 0 saturated carbocycles. The monoisotopic (exact) mass is 353 g/mol. The largest absolute Gasteiger partial charge is 0.478 e. The predicted molar refractivity (Wildman–Crippen MR) is 98.8 cm³/mol. The fraction of sp³-hybridized carbons (Fsp3) is 0. The maximum atomic E-state index is 14.2. The molecule has 0 saturated heterocycles. The summed E-state index contributed by atoms with van der Waals surface area (Å²) >= 11 is 0. The molecule has 0 aromatic heterocycles. The molecular formula is C19H16FN3O3. The van der Waals surface area contributed by atoms with Gasteiger partial charge in [-0.2, -0.15) is 5.10 Å². The number of hydrogen-bond donors (Lipinski definition) is 3. The molecule has 4 N–H and O–H groups in total. The van der Waals surface area contributed by atoms with Crippen molar-refractivity contribution >= 4 is 34.9 Å². The van der Waals surface area contributed by atoms with E-state index in [2.05, 4.69) is 17.0 Å². The molecule has 6 nitrogen and oxygen atoms in total. The summed E-state index contributed by atoms with van der Waals surface area (Å²) < 4.78 is 14.2. The van der Waals surface area contributed by atoms with Gasteiger partial charge in [0.05, 0.1) is 5.57 Å². The van der Waals surface area contributed by atoms with E-state index in [9.17, 15) is 19.1 Å². The van der Waals surface area contributed by atoms with Gasteiger partial charge in [-0.25, -0.2) is 9.18 Å². The highest BCUT2D eigenvalue weighted by Crippen LogP contribution is 2.30.